The zero-order valence-electron chi connectivity index (χ0n) is 12.9. The lowest BCUT2D eigenvalue weighted by Crippen LogP contribution is -1.88. The molecule has 2 aromatic carbocycles. The fourth-order valence-corrected chi connectivity index (χ4v) is 2.35. The summed E-state index contributed by atoms with van der Waals surface area (Å²) in [7, 11) is 0. The van der Waals surface area contributed by atoms with Gasteiger partial charge in [0.05, 0.1) is 0 Å². The Morgan fingerprint density at radius 2 is 1.50 bits per heavy atom. The Balaban J connectivity index is 2.41. The van der Waals surface area contributed by atoms with Crippen LogP contribution >= 0.6 is 0 Å². The monoisotopic (exact) mass is 286 g/mol. The fraction of sp³-hybridized carbons (Fsp3) is 0.0909. The van der Waals surface area contributed by atoms with Gasteiger partial charge in [0.1, 0.15) is 0 Å². The van der Waals surface area contributed by atoms with Crippen molar-refractivity contribution in [1.82, 2.24) is 0 Å². The number of rotatable bonds is 7. The van der Waals surface area contributed by atoms with E-state index in [0.717, 1.165) is 12.8 Å². The fourth-order valence-electron chi connectivity index (χ4n) is 2.35. The van der Waals surface area contributed by atoms with Crippen LogP contribution in [0.5, 0.6) is 0 Å². The van der Waals surface area contributed by atoms with Crippen LogP contribution in [-0.4, -0.2) is 0 Å². The molecule has 0 heterocycles. The molecular weight excluding hydrogens is 264 g/mol. The molecule has 0 nitrogen and oxygen atoms in total. The van der Waals surface area contributed by atoms with Crippen molar-refractivity contribution in [3.8, 4) is 0 Å². The van der Waals surface area contributed by atoms with E-state index < -0.39 is 0 Å². The molecule has 0 aromatic heterocycles. The second-order valence-electron chi connectivity index (χ2n) is 5.08. The highest BCUT2D eigenvalue weighted by Gasteiger charge is 2.03. The second kappa shape index (κ2) is 8.63. The zero-order chi connectivity index (χ0) is 15.6. The van der Waals surface area contributed by atoms with Crippen molar-refractivity contribution >= 4 is 11.6 Å². The summed E-state index contributed by atoms with van der Waals surface area (Å²) < 4.78 is 0. The van der Waals surface area contributed by atoms with Crippen LogP contribution in [0.4, 0.5) is 0 Å². The first kappa shape index (κ1) is 15.8. The zero-order valence-corrected chi connectivity index (χ0v) is 12.9. The Kier molecular flexibility index (Phi) is 6.19. The Hall–Kier alpha value is -2.60. The highest BCUT2D eigenvalue weighted by molar-refractivity contribution is 5.82. The molecule has 0 saturated heterocycles. The Morgan fingerprint density at radius 1 is 0.864 bits per heavy atom. The van der Waals surface area contributed by atoms with Crippen molar-refractivity contribution < 1.29 is 0 Å². The summed E-state index contributed by atoms with van der Waals surface area (Å²) in [4.78, 5) is 0. The number of benzene rings is 2. The highest BCUT2D eigenvalue weighted by Crippen LogP contribution is 2.25. The van der Waals surface area contributed by atoms with Crippen molar-refractivity contribution in [3.05, 3.63) is 109 Å². The van der Waals surface area contributed by atoms with E-state index in [1.165, 1.54) is 22.3 Å². The molecule has 0 N–H and O–H groups in total. The molecule has 0 radical (unpaired) electrons. The van der Waals surface area contributed by atoms with Crippen molar-refractivity contribution in [3.63, 3.8) is 0 Å². The average Bonchev–Trinajstić information content (AvgIpc) is 2.59. The van der Waals surface area contributed by atoms with Gasteiger partial charge >= 0.3 is 0 Å². The summed E-state index contributed by atoms with van der Waals surface area (Å²) in [6.07, 6.45) is 10.2. The van der Waals surface area contributed by atoms with Crippen LogP contribution < -0.4 is 0 Å². The molecule has 2 aromatic rings. The predicted molar refractivity (Wildman–Crippen MR) is 98.5 cm³/mol. The maximum atomic E-state index is 3.99. The van der Waals surface area contributed by atoms with Gasteiger partial charge in [-0.3, -0.25) is 0 Å². The first-order valence-electron chi connectivity index (χ1n) is 7.60. The maximum Gasteiger partial charge on any atom is -0.0152 e. The highest BCUT2D eigenvalue weighted by atomic mass is 14.1. The standard InChI is InChI=1S/C22H22/c1-3-5-14-20(4-2)22(21-15-10-7-11-16-21)18-17-19-12-8-6-9-13-19/h3-4,6-13,15-18H,1-2,5,14H2. The quantitative estimate of drug-likeness (QED) is 0.413. The summed E-state index contributed by atoms with van der Waals surface area (Å²) in [6, 6.07) is 20.8. The van der Waals surface area contributed by atoms with E-state index in [-0.39, 0.29) is 0 Å². The van der Waals surface area contributed by atoms with Gasteiger partial charge in [-0.05, 0) is 35.1 Å². The molecule has 2 rings (SSSR count). The molecule has 22 heavy (non-hydrogen) atoms. The molecule has 0 spiro atoms. The molecule has 110 valence electrons. The van der Waals surface area contributed by atoms with Gasteiger partial charge in [0, 0.05) is 0 Å². The van der Waals surface area contributed by atoms with Gasteiger partial charge in [-0.1, -0.05) is 91.5 Å². The molecule has 0 saturated carbocycles. The van der Waals surface area contributed by atoms with Crippen LogP contribution in [0.15, 0.2) is 97.6 Å². The molecule has 0 fully saturated rings. The van der Waals surface area contributed by atoms with Gasteiger partial charge in [-0.2, -0.15) is 0 Å². The number of hydrogen-bond acceptors (Lipinski definition) is 0. The Labute approximate surface area is 133 Å². The van der Waals surface area contributed by atoms with Gasteiger partial charge < -0.3 is 0 Å². The molecule has 0 heteroatoms. The van der Waals surface area contributed by atoms with Crippen LogP contribution in [-0.2, 0) is 0 Å². The first-order valence-corrected chi connectivity index (χ1v) is 7.60. The first-order chi connectivity index (χ1) is 10.8. The average molecular weight is 286 g/mol. The Bertz CT molecular complexity index is 658. The van der Waals surface area contributed by atoms with Gasteiger partial charge in [-0.25, -0.2) is 0 Å². The van der Waals surface area contributed by atoms with E-state index in [1.807, 2.05) is 24.3 Å². The minimum atomic E-state index is 0.955. The molecule has 0 bridgehead atoms. The van der Waals surface area contributed by atoms with Gasteiger partial charge in [-0.15, -0.1) is 6.58 Å². The molecular formula is C22H22. The largest absolute Gasteiger partial charge is 0.103 e. The summed E-state index contributed by atoms with van der Waals surface area (Å²) in [5.41, 5.74) is 4.89. The number of hydrogen-bond donors (Lipinski definition) is 0. The molecule has 0 unspecified atom stereocenters. The van der Waals surface area contributed by atoms with Crippen LogP contribution in [0, 0.1) is 0 Å². The van der Waals surface area contributed by atoms with E-state index in [0.29, 0.717) is 0 Å². The van der Waals surface area contributed by atoms with E-state index in [4.69, 9.17) is 0 Å². The summed E-state index contributed by atoms with van der Waals surface area (Å²) in [5, 5.41) is 0. The lowest BCUT2D eigenvalue weighted by atomic mass is 9.95. The van der Waals surface area contributed by atoms with E-state index >= 15 is 0 Å². The third kappa shape index (κ3) is 4.46. The molecule has 0 amide bonds. The summed E-state index contributed by atoms with van der Waals surface area (Å²) >= 11 is 0. The summed E-state index contributed by atoms with van der Waals surface area (Å²) in [5.74, 6) is 0. The van der Waals surface area contributed by atoms with Crippen molar-refractivity contribution in [2.24, 2.45) is 0 Å². The minimum Gasteiger partial charge on any atom is -0.103 e. The van der Waals surface area contributed by atoms with Crippen LogP contribution in [0.1, 0.15) is 24.0 Å². The van der Waals surface area contributed by atoms with E-state index in [2.05, 4.69) is 73.8 Å². The molecule has 0 atom stereocenters. The van der Waals surface area contributed by atoms with Gasteiger partial charge in [0.25, 0.3) is 0 Å². The number of allylic oxidation sites excluding steroid dienone is 5. The molecule has 0 aliphatic rings. The lowest BCUT2D eigenvalue weighted by molar-refractivity contribution is 1.01. The minimum absolute atomic E-state index is 0.955. The van der Waals surface area contributed by atoms with Crippen LogP contribution in [0.25, 0.3) is 11.6 Å². The maximum absolute atomic E-state index is 3.99. The van der Waals surface area contributed by atoms with Crippen LogP contribution in [0.3, 0.4) is 0 Å². The van der Waals surface area contributed by atoms with Gasteiger partial charge in [0.15, 0.2) is 0 Å². The third-order valence-electron chi connectivity index (χ3n) is 3.54. The normalized spacial score (nSPS) is 12.0. The van der Waals surface area contributed by atoms with E-state index in [9.17, 15) is 0 Å². The molecule has 0 aliphatic carbocycles. The summed E-state index contributed by atoms with van der Waals surface area (Å²) in [6.45, 7) is 7.81. The van der Waals surface area contributed by atoms with Crippen LogP contribution in [0.2, 0.25) is 0 Å². The predicted octanol–water partition coefficient (Wildman–Crippen LogP) is 6.31. The van der Waals surface area contributed by atoms with Crippen molar-refractivity contribution in [2.75, 3.05) is 0 Å². The Morgan fingerprint density at radius 3 is 2.09 bits per heavy atom. The topological polar surface area (TPSA) is 0 Å². The van der Waals surface area contributed by atoms with Crippen molar-refractivity contribution in [1.29, 1.82) is 0 Å². The third-order valence-corrected chi connectivity index (χ3v) is 3.54. The second-order valence-corrected chi connectivity index (χ2v) is 5.08. The van der Waals surface area contributed by atoms with Crippen molar-refractivity contribution in [2.45, 2.75) is 12.8 Å². The SMILES string of the molecule is C=CCCC(C=C)=C(C=Cc1ccccc1)c1ccccc1. The van der Waals surface area contributed by atoms with E-state index in [1.54, 1.807) is 0 Å². The van der Waals surface area contributed by atoms with Gasteiger partial charge in [0.2, 0.25) is 0 Å². The smallest absolute Gasteiger partial charge is 0.0152 e. The molecule has 0 aliphatic heterocycles. The lowest BCUT2D eigenvalue weighted by Gasteiger charge is -2.09.